The molecule has 0 saturated heterocycles. The van der Waals surface area contributed by atoms with Crippen LogP contribution in [-0.4, -0.2) is 22.9 Å². The van der Waals surface area contributed by atoms with Gasteiger partial charge in [-0.3, -0.25) is 0 Å². The summed E-state index contributed by atoms with van der Waals surface area (Å²) in [5.41, 5.74) is 1.13. The second-order valence-electron chi connectivity index (χ2n) is 5.70. The highest BCUT2D eigenvalue weighted by Crippen LogP contribution is 2.23. The molecule has 2 nitrogen and oxygen atoms in total. The number of benzene rings is 1. The van der Waals surface area contributed by atoms with E-state index in [9.17, 15) is 10.2 Å². The second kappa shape index (κ2) is 8.09. The molecule has 20 heavy (non-hydrogen) atoms. The van der Waals surface area contributed by atoms with Crippen LogP contribution in [0.25, 0.3) is 0 Å². The molecule has 1 aromatic carbocycles. The van der Waals surface area contributed by atoms with E-state index in [1.807, 2.05) is 30.3 Å². The van der Waals surface area contributed by atoms with Crippen LogP contribution in [-0.2, 0) is 6.42 Å². The third kappa shape index (κ3) is 4.67. The van der Waals surface area contributed by atoms with E-state index in [1.54, 1.807) is 0 Å². The van der Waals surface area contributed by atoms with Crippen molar-refractivity contribution in [2.24, 2.45) is 11.8 Å². The van der Waals surface area contributed by atoms with Gasteiger partial charge in [0, 0.05) is 18.4 Å². The minimum absolute atomic E-state index is 0.0323. The van der Waals surface area contributed by atoms with Crippen LogP contribution in [0.15, 0.2) is 30.3 Å². The third-order valence-corrected chi connectivity index (χ3v) is 4.06. The number of hydrogen-bond donors (Lipinski definition) is 2. The molecular weight excluding hydrogens is 248 g/mol. The van der Waals surface area contributed by atoms with E-state index >= 15 is 0 Å². The Bertz CT molecular complexity index is 437. The van der Waals surface area contributed by atoms with Crippen LogP contribution < -0.4 is 0 Å². The molecule has 0 bridgehead atoms. The lowest BCUT2D eigenvalue weighted by Crippen LogP contribution is -2.24. The summed E-state index contributed by atoms with van der Waals surface area (Å²) < 4.78 is 0. The Morgan fingerprint density at radius 1 is 1.10 bits per heavy atom. The molecule has 2 atom stereocenters. The lowest BCUT2D eigenvalue weighted by Gasteiger charge is -2.18. The first kappa shape index (κ1) is 15.1. The monoisotopic (exact) mass is 272 g/mol. The summed E-state index contributed by atoms with van der Waals surface area (Å²) in [6.45, 7) is -0.0323. The Balaban J connectivity index is 1.91. The van der Waals surface area contributed by atoms with E-state index < -0.39 is 6.10 Å². The maximum atomic E-state index is 10.2. The smallest absolute Gasteiger partial charge is 0.120 e. The highest BCUT2D eigenvalue weighted by atomic mass is 16.3. The minimum Gasteiger partial charge on any atom is -0.396 e. The fraction of sp³-hybridized carbons (Fsp3) is 0.556. The molecule has 0 heterocycles. The van der Waals surface area contributed by atoms with E-state index in [1.165, 1.54) is 19.3 Å². The predicted molar refractivity (Wildman–Crippen MR) is 81.1 cm³/mol. The molecule has 0 radical (unpaired) electrons. The molecule has 1 aromatic rings. The molecule has 108 valence electrons. The first-order valence-corrected chi connectivity index (χ1v) is 7.63. The van der Waals surface area contributed by atoms with Gasteiger partial charge in [0.25, 0.3) is 0 Å². The average Bonchev–Trinajstić information content (AvgIpc) is 2.52. The fourth-order valence-electron chi connectivity index (χ4n) is 2.76. The molecule has 1 fully saturated rings. The van der Waals surface area contributed by atoms with Crippen molar-refractivity contribution in [1.29, 1.82) is 0 Å². The van der Waals surface area contributed by atoms with Crippen LogP contribution in [0, 0.1) is 23.7 Å². The maximum Gasteiger partial charge on any atom is 0.120 e. The van der Waals surface area contributed by atoms with Crippen molar-refractivity contribution in [3.8, 4) is 11.8 Å². The zero-order valence-electron chi connectivity index (χ0n) is 12.0. The lowest BCUT2D eigenvalue weighted by atomic mass is 9.89. The van der Waals surface area contributed by atoms with Gasteiger partial charge in [-0.1, -0.05) is 61.4 Å². The van der Waals surface area contributed by atoms with Crippen LogP contribution >= 0.6 is 0 Å². The quantitative estimate of drug-likeness (QED) is 0.827. The topological polar surface area (TPSA) is 40.5 Å². The van der Waals surface area contributed by atoms with E-state index in [2.05, 4.69) is 11.8 Å². The lowest BCUT2D eigenvalue weighted by molar-refractivity contribution is 0.107. The van der Waals surface area contributed by atoms with Crippen LogP contribution in [0.1, 0.15) is 37.7 Å². The Morgan fingerprint density at radius 2 is 1.80 bits per heavy atom. The van der Waals surface area contributed by atoms with Gasteiger partial charge < -0.3 is 10.2 Å². The van der Waals surface area contributed by atoms with Crippen molar-refractivity contribution in [1.82, 2.24) is 0 Å². The van der Waals surface area contributed by atoms with Gasteiger partial charge in [-0.05, 0) is 24.8 Å². The van der Waals surface area contributed by atoms with Gasteiger partial charge in [-0.25, -0.2) is 0 Å². The Kier molecular flexibility index (Phi) is 6.11. The normalized spacial score (nSPS) is 18.9. The summed E-state index contributed by atoms with van der Waals surface area (Å²) in [5, 5.41) is 19.6. The Morgan fingerprint density at radius 3 is 2.45 bits per heavy atom. The van der Waals surface area contributed by atoms with Crippen molar-refractivity contribution >= 4 is 0 Å². The standard InChI is InChI=1S/C18H24O2/c19-14-17(13-16-9-5-2-6-10-16)18(20)12-11-15-7-3-1-4-8-15/h2,5-6,9-10,15,17-20H,1,3-4,7-8,13-14H2/t17-,18+/m0/s1. The highest BCUT2D eigenvalue weighted by molar-refractivity contribution is 5.17. The molecule has 0 aromatic heterocycles. The summed E-state index contributed by atoms with van der Waals surface area (Å²) in [6.07, 6.45) is 6.06. The van der Waals surface area contributed by atoms with Gasteiger partial charge in [0.2, 0.25) is 0 Å². The number of rotatable bonds is 4. The van der Waals surface area contributed by atoms with E-state index in [0.717, 1.165) is 18.4 Å². The van der Waals surface area contributed by atoms with Gasteiger partial charge in [0.05, 0.1) is 0 Å². The Hall–Kier alpha value is -1.30. The average molecular weight is 272 g/mol. The molecule has 0 unspecified atom stereocenters. The molecule has 0 amide bonds. The molecule has 1 aliphatic rings. The molecule has 0 aliphatic heterocycles. The molecular formula is C18H24O2. The summed E-state index contributed by atoms with van der Waals surface area (Å²) in [7, 11) is 0. The summed E-state index contributed by atoms with van der Waals surface area (Å²) in [6, 6.07) is 9.96. The van der Waals surface area contributed by atoms with Crippen molar-refractivity contribution in [3.63, 3.8) is 0 Å². The maximum absolute atomic E-state index is 10.2. The van der Waals surface area contributed by atoms with E-state index in [-0.39, 0.29) is 12.5 Å². The third-order valence-electron chi connectivity index (χ3n) is 4.06. The number of hydrogen-bond acceptors (Lipinski definition) is 2. The SMILES string of the molecule is OC[C@H](Cc1ccccc1)[C@H](O)C#CC1CCCCC1. The van der Waals surface area contributed by atoms with Crippen LogP contribution in [0.4, 0.5) is 0 Å². The largest absolute Gasteiger partial charge is 0.396 e. The van der Waals surface area contributed by atoms with Crippen LogP contribution in [0.5, 0.6) is 0 Å². The molecule has 1 saturated carbocycles. The van der Waals surface area contributed by atoms with Crippen molar-refractivity contribution in [2.45, 2.75) is 44.6 Å². The van der Waals surface area contributed by atoms with Crippen LogP contribution in [0.3, 0.4) is 0 Å². The molecule has 2 heteroatoms. The minimum atomic E-state index is -0.734. The fourth-order valence-corrected chi connectivity index (χ4v) is 2.76. The van der Waals surface area contributed by atoms with Crippen molar-refractivity contribution in [2.75, 3.05) is 6.61 Å². The first-order chi connectivity index (χ1) is 9.79. The Labute approximate surface area is 121 Å². The summed E-state index contributed by atoms with van der Waals surface area (Å²) in [5.74, 6) is 6.42. The summed E-state index contributed by atoms with van der Waals surface area (Å²) >= 11 is 0. The van der Waals surface area contributed by atoms with Crippen molar-refractivity contribution < 1.29 is 10.2 Å². The molecule has 0 spiro atoms. The number of aliphatic hydroxyl groups is 2. The molecule has 1 aliphatic carbocycles. The van der Waals surface area contributed by atoms with Gasteiger partial charge >= 0.3 is 0 Å². The molecule has 2 N–H and O–H groups in total. The first-order valence-electron chi connectivity index (χ1n) is 7.63. The summed E-state index contributed by atoms with van der Waals surface area (Å²) in [4.78, 5) is 0. The van der Waals surface area contributed by atoms with E-state index in [0.29, 0.717) is 12.3 Å². The zero-order valence-corrected chi connectivity index (χ0v) is 12.0. The predicted octanol–water partition coefficient (Wildman–Crippen LogP) is 2.78. The van der Waals surface area contributed by atoms with Gasteiger partial charge in [0.1, 0.15) is 6.10 Å². The van der Waals surface area contributed by atoms with Gasteiger partial charge in [-0.15, -0.1) is 0 Å². The van der Waals surface area contributed by atoms with Crippen LogP contribution in [0.2, 0.25) is 0 Å². The molecule has 2 rings (SSSR count). The second-order valence-corrected chi connectivity index (χ2v) is 5.70. The van der Waals surface area contributed by atoms with Gasteiger partial charge in [0.15, 0.2) is 0 Å². The van der Waals surface area contributed by atoms with Crippen molar-refractivity contribution in [3.05, 3.63) is 35.9 Å². The number of aliphatic hydroxyl groups excluding tert-OH is 2. The highest BCUT2D eigenvalue weighted by Gasteiger charge is 2.17. The zero-order chi connectivity index (χ0) is 14.2. The van der Waals surface area contributed by atoms with E-state index in [4.69, 9.17) is 0 Å². The van der Waals surface area contributed by atoms with Gasteiger partial charge in [-0.2, -0.15) is 0 Å².